The fourth-order valence-electron chi connectivity index (χ4n) is 5.37. The van der Waals surface area contributed by atoms with Crippen LogP contribution in [-0.4, -0.2) is 29.1 Å². The largest absolute Gasteiger partial charge is 0.355 e. The quantitative estimate of drug-likeness (QED) is 0.270. The molecule has 0 fully saturated rings. The van der Waals surface area contributed by atoms with Crippen LogP contribution in [0, 0.1) is 0 Å². The zero-order valence-corrected chi connectivity index (χ0v) is 22.0. The van der Waals surface area contributed by atoms with E-state index in [1.165, 1.54) is 0 Å². The number of nitrogens with one attached hydrogen (secondary N) is 2. The van der Waals surface area contributed by atoms with E-state index < -0.39 is 0 Å². The molecular formula is C32H30N6. The summed E-state index contributed by atoms with van der Waals surface area (Å²) in [5.41, 5.74) is 7.54. The first-order valence-corrected chi connectivity index (χ1v) is 13.0. The van der Waals surface area contributed by atoms with Crippen LogP contribution >= 0.6 is 0 Å². The van der Waals surface area contributed by atoms with Crippen LogP contribution in [-0.2, 0) is 10.8 Å². The molecular weight excluding hydrogens is 468 g/mol. The van der Waals surface area contributed by atoms with E-state index in [1.807, 2.05) is 12.1 Å². The minimum Gasteiger partial charge on any atom is -0.355 e. The van der Waals surface area contributed by atoms with Crippen LogP contribution in [0.2, 0.25) is 0 Å². The minimum absolute atomic E-state index is 0.362. The van der Waals surface area contributed by atoms with E-state index in [9.17, 15) is 0 Å². The van der Waals surface area contributed by atoms with E-state index in [2.05, 4.69) is 132 Å². The van der Waals surface area contributed by atoms with Gasteiger partial charge in [0, 0.05) is 46.0 Å². The molecule has 188 valence electrons. The fraction of sp³-hybridized carbons (Fsp3) is 0.188. The maximum Gasteiger partial charge on any atom is 0.161 e. The summed E-state index contributed by atoms with van der Waals surface area (Å²) in [6.45, 7) is 8.87. The predicted molar refractivity (Wildman–Crippen MR) is 151 cm³/mol. The zero-order valence-electron chi connectivity index (χ0n) is 22.0. The Kier molecular flexibility index (Phi) is 4.73. The Labute approximate surface area is 222 Å². The average molecular weight is 499 g/mol. The van der Waals surface area contributed by atoms with Gasteiger partial charge in [0.2, 0.25) is 0 Å². The highest BCUT2D eigenvalue weighted by Gasteiger charge is 2.33. The van der Waals surface area contributed by atoms with Gasteiger partial charge in [-0.15, -0.1) is 0 Å². The highest BCUT2D eigenvalue weighted by molar-refractivity contribution is 5.61. The first-order chi connectivity index (χ1) is 18.3. The predicted octanol–water partition coefficient (Wildman–Crippen LogP) is 7.01. The van der Waals surface area contributed by atoms with Gasteiger partial charge in [-0.3, -0.25) is 9.13 Å². The first-order valence-electron chi connectivity index (χ1n) is 13.0. The van der Waals surface area contributed by atoms with Crippen molar-refractivity contribution in [3.8, 4) is 34.4 Å². The zero-order chi connectivity index (χ0) is 26.1. The molecule has 6 nitrogen and oxygen atoms in total. The van der Waals surface area contributed by atoms with Crippen molar-refractivity contribution >= 4 is 0 Å². The summed E-state index contributed by atoms with van der Waals surface area (Å²) in [6, 6.07) is 29.4. The number of hydrogen-bond acceptors (Lipinski definition) is 2. The number of benzene rings is 2. The van der Waals surface area contributed by atoms with Crippen molar-refractivity contribution in [1.82, 2.24) is 29.1 Å². The number of hydrogen-bond donors (Lipinski definition) is 2. The van der Waals surface area contributed by atoms with Gasteiger partial charge >= 0.3 is 0 Å². The molecule has 0 saturated carbocycles. The van der Waals surface area contributed by atoms with Crippen LogP contribution in [0.5, 0.6) is 0 Å². The second kappa shape index (κ2) is 7.96. The summed E-state index contributed by atoms with van der Waals surface area (Å²) in [7, 11) is 0. The molecule has 6 aromatic rings. The number of para-hydroxylation sites is 2. The number of aromatic amines is 2. The van der Waals surface area contributed by atoms with E-state index in [1.54, 1.807) is 0 Å². The van der Waals surface area contributed by atoms with E-state index >= 15 is 0 Å². The third-order valence-corrected chi connectivity index (χ3v) is 7.96. The lowest BCUT2D eigenvalue weighted by Gasteiger charge is -2.21. The number of rotatable bonds is 2. The van der Waals surface area contributed by atoms with Gasteiger partial charge in [-0.25, -0.2) is 9.97 Å². The van der Waals surface area contributed by atoms with Gasteiger partial charge in [0.25, 0.3) is 0 Å². The fourth-order valence-corrected chi connectivity index (χ4v) is 5.37. The van der Waals surface area contributed by atoms with Crippen LogP contribution in [0.1, 0.15) is 50.5 Å². The smallest absolute Gasteiger partial charge is 0.161 e. The maximum absolute atomic E-state index is 5.23. The van der Waals surface area contributed by atoms with Crippen molar-refractivity contribution in [3.05, 3.63) is 120 Å². The summed E-state index contributed by atoms with van der Waals surface area (Å²) in [5.74, 6) is 1.78. The van der Waals surface area contributed by atoms with Crippen LogP contribution in [0.15, 0.2) is 97.3 Å². The number of fused-ring (bicyclic) bond motifs is 10. The molecule has 6 heteroatoms. The Hall–Kier alpha value is -4.58. The third-order valence-electron chi connectivity index (χ3n) is 7.96. The standard InChI is InChI=1S/C32H30N6/c1-31(2)25-17-15-23(33-25)30-36-28(20-38(30)22-13-9-6-10-14-22)32(3,4)26-18-16-24(34-26)29-35-27(31)19-37(29)21-11-7-5-8-12-21/h5-20,33-34H,1-4H3. The normalized spacial score (nSPS) is 15.3. The molecule has 0 saturated heterocycles. The number of nitrogens with zero attached hydrogens (tertiary/aromatic N) is 4. The SMILES string of the molecule is CC1(C)c2cn(-c3ccccc3)c(n2)-c2ccc([nH]2)C(C)(C)c2cn(-c3ccccc3)c(n2)-c2ccc1[nH]2. The summed E-state index contributed by atoms with van der Waals surface area (Å²) in [4.78, 5) is 17.9. The van der Waals surface area contributed by atoms with E-state index in [4.69, 9.17) is 9.97 Å². The van der Waals surface area contributed by atoms with Crippen LogP contribution in [0.3, 0.4) is 0 Å². The Bertz CT molecular complexity index is 1630. The third kappa shape index (κ3) is 3.33. The molecule has 2 N–H and O–H groups in total. The molecule has 1 aliphatic rings. The van der Waals surface area contributed by atoms with Gasteiger partial charge < -0.3 is 9.97 Å². The molecule has 0 unspecified atom stereocenters. The Balaban J connectivity index is 1.51. The highest BCUT2D eigenvalue weighted by atomic mass is 15.1. The van der Waals surface area contributed by atoms with E-state index in [-0.39, 0.29) is 10.8 Å². The molecule has 0 radical (unpaired) electrons. The lowest BCUT2D eigenvalue weighted by atomic mass is 9.86. The van der Waals surface area contributed by atoms with Gasteiger partial charge in [-0.05, 0) is 76.2 Å². The number of aromatic nitrogens is 6. The van der Waals surface area contributed by atoms with Crippen molar-refractivity contribution in [1.29, 1.82) is 0 Å². The van der Waals surface area contributed by atoms with Crippen molar-refractivity contribution in [2.45, 2.75) is 38.5 Å². The number of H-pyrrole nitrogens is 2. The Morgan fingerprint density at radius 3 is 1.32 bits per heavy atom. The second-order valence-electron chi connectivity index (χ2n) is 11.1. The molecule has 0 spiro atoms. The summed E-state index contributed by atoms with van der Waals surface area (Å²) < 4.78 is 4.37. The Morgan fingerprint density at radius 2 is 0.921 bits per heavy atom. The molecule has 5 heterocycles. The van der Waals surface area contributed by atoms with E-state index in [0.717, 1.165) is 57.2 Å². The lowest BCUT2D eigenvalue weighted by Crippen LogP contribution is -2.20. The van der Waals surface area contributed by atoms with Crippen LogP contribution < -0.4 is 0 Å². The molecule has 8 bridgehead atoms. The molecule has 4 aromatic heterocycles. The minimum atomic E-state index is -0.362. The topological polar surface area (TPSA) is 67.2 Å². The van der Waals surface area contributed by atoms with Gasteiger partial charge in [0.15, 0.2) is 11.6 Å². The molecule has 7 rings (SSSR count). The molecule has 2 aromatic carbocycles. The average Bonchev–Trinajstić information content (AvgIpc) is 3.73. The van der Waals surface area contributed by atoms with Crippen LogP contribution in [0.4, 0.5) is 0 Å². The van der Waals surface area contributed by atoms with Crippen molar-refractivity contribution < 1.29 is 0 Å². The van der Waals surface area contributed by atoms with Crippen molar-refractivity contribution in [2.75, 3.05) is 0 Å². The van der Waals surface area contributed by atoms with Gasteiger partial charge in [0.05, 0.1) is 22.8 Å². The van der Waals surface area contributed by atoms with Gasteiger partial charge in [0.1, 0.15) is 0 Å². The monoisotopic (exact) mass is 498 g/mol. The summed E-state index contributed by atoms with van der Waals surface area (Å²) in [6.07, 6.45) is 4.33. The molecule has 1 aliphatic heterocycles. The van der Waals surface area contributed by atoms with Crippen LogP contribution in [0.25, 0.3) is 34.4 Å². The highest BCUT2D eigenvalue weighted by Crippen LogP contribution is 2.38. The summed E-state index contributed by atoms with van der Waals surface area (Å²) in [5, 5.41) is 0. The van der Waals surface area contributed by atoms with Gasteiger partial charge in [-0.1, -0.05) is 36.4 Å². The van der Waals surface area contributed by atoms with E-state index in [0.29, 0.717) is 0 Å². The summed E-state index contributed by atoms with van der Waals surface area (Å²) >= 11 is 0. The number of imidazole rings is 2. The Morgan fingerprint density at radius 1 is 0.526 bits per heavy atom. The lowest BCUT2D eigenvalue weighted by molar-refractivity contribution is 0.600. The van der Waals surface area contributed by atoms with Crippen molar-refractivity contribution in [3.63, 3.8) is 0 Å². The maximum atomic E-state index is 5.23. The molecule has 0 amide bonds. The van der Waals surface area contributed by atoms with Crippen molar-refractivity contribution in [2.24, 2.45) is 0 Å². The van der Waals surface area contributed by atoms with Gasteiger partial charge in [-0.2, -0.15) is 0 Å². The first kappa shape index (κ1) is 22.6. The molecule has 0 aliphatic carbocycles. The second-order valence-corrected chi connectivity index (χ2v) is 11.1. The molecule has 38 heavy (non-hydrogen) atoms. The molecule has 0 atom stereocenters.